The van der Waals surface area contributed by atoms with E-state index in [2.05, 4.69) is 14.9 Å². The van der Waals surface area contributed by atoms with Gasteiger partial charge in [-0.2, -0.15) is 0 Å². The van der Waals surface area contributed by atoms with Crippen LogP contribution in [0.25, 0.3) is 10.4 Å². The van der Waals surface area contributed by atoms with Gasteiger partial charge in [-0.25, -0.2) is 0 Å². The zero-order chi connectivity index (χ0) is 11.8. The Kier molecular flexibility index (Phi) is 6.18. The predicted octanol–water partition coefficient (Wildman–Crippen LogP) is 1.42. The Balaban J connectivity index is 2.37. The molecule has 1 aliphatic heterocycles. The fourth-order valence-electron chi connectivity index (χ4n) is 1.98. The van der Waals surface area contributed by atoms with E-state index in [0.29, 0.717) is 19.8 Å². The Bertz CT molecular complexity index is 229. The quantitative estimate of drug-likeness (QED) is 0.376. The van der Waals surface area contributed by atoms with E-state index >= 15 is 0 Å². The fraction of sp³-hybridized carbons (Fsp3) is 1.00. The third-order valence-corrected chi connectivity index (χ3v) is 2.63. The first kappa shape index (κ1) is 13.3. The number of nitrogens with zero attached hydrogens (tertiary/aromatic N) is 4. The fourth-order valence-corrected chi connectivity index (χ4v) is 1.98. The maximum Gasteiger partial charge on any atom is 0.0975 e. The van der Waals surface area contributed by atoms with Crippen LogP contribution in [0.1, 0.15) is 13.8 Å². The highest BCUT2D eigenvalue weighted by Gasteiger charge is 2.33. The molecule has 92 valence electrons. The summed E-state index contributed by atoms with van der Waals surface area (Å²) in [5.74, 6) is 0. The number of hydrogen-bond donors (Lipinski definition) is 0. The Morgan fingerprint density at radius 3 is 2.25 bits per heavy atom. The van der Waals surface area contributed by atoms with Gasteiger partial charge in [0.15, 0.2) is 0 Å². The summed E-state index contributed by atoms with van der Waals surface area (Å²) in [6.45, 7) is 8.40. The van der Waals surface area contributed by atoms with E-state index in [1.54, 1.807) is 0 Å². The van der Waals surface area contributed by atoms with Gasteiger partial charge >= 0.3 is 0 Å². The molecule has 1 rings (SSSR count). The maximum atomic E-state index is 8.20. The van der Waals surface area contributed by atoms with Gasteiger partial charge in [-0.15, -0.1) is 0 Å². The van der Waals surface area contributed by atoms with Crippen molar-refractivity contribution in [3.63, 3.8) is 0 Å². The molecule has 0 spiro atoms. The second-order valence-electron chi connectivity index (χ2n) is 3.70. The summed E-state index contributed by atoms with van der Waals surface area (Å²) in [7, 11) is 0. The molecule has 0 saturated carbocycles. The van der Waals surface area contributed by atoms with Crippen molar-refractivity contribution in [2.45, 2.75) is 26.1 Å². The molecule has 0 radical (unpaired) electrons. The number of ether oxygens (including phenoxy) is 2. The van der Waals surface area contributed by atoms with E-state index < -0.39 is 0 Å². The monoisotopic (exact) mass is 228 g/mol. The van der Waals surface area contributed by atoms with Crippen molar-refractivity contribution in [1.82, 2.24) is 4.90 Å². The molecule has 0 bridgehead atoms. The van der Waals surface area contributed by atoms with E-state index in [9.17, 15) is 0 Å². The molecule has 0 aromatic heterocycles. The SMILES string of the molecule is CCO[C@H]1CN(CCN=[N+]=[N-])C[C@@H]1OCC. The van der Waals surface area contributed by atoms with Gasteiger partial charge in [-0.1, -0.05) is 5.11 Å². The van der Waals surface area contributed by atoms with Crippen LogP contribution in [-0.4, -0.2) is 56.5 Å². The Morgan fingerprint density at radius 1 is 1.25 bits per heavy atom. The molecule has 0 aromatic rings. The lowest BCUT2D eigenvalue weighted by Gasteiger charge is -2.17. The van der Waals surface area contributed by atoms with Crippen LogP contribution in [0.15, 0.2) is 5.11 Å². The van der Waals surface area contributed by atoms with Crippen molar-refractivity contribution < 1.29 is 9.47 Å². The van der Waals surface area contributed by atoms with Crippen LogP contribution >= 0.6 is 0 Å². The first-order chi connectivity index (χ1) is 7.81. The number of rotatable bonds is 7. The van der Waals surface area contributed by atoms with Crippen LogP contribution in [0, 0.1) is 0 Å². The molecule has 0 unspecified atom stereocenters. The van der Waals surface area contributed by atoms with Gasteiger partial charge in [0, 0.05) is 44.3 Å². The van der Waals surface area contributed by atoms with Gasteiger partial charge in [0.2, 0.25) is 0 Å². The largest absolute Gasteiger partial charge is 0.374 e. The molecule has 0 aromatic carbocycles. The van der Waals surface area contributed by atoms with Crippen LogP contribution in [-0.2, 0) is 9.47 Å². The van der Waals surface area contributed by atoms with Gasteiger partial charge < -0.3 is 9.47 Å². The number of azide groups is 1. The van der Waals surface area contributed by atoms with Crippen molar-refractivity contribution in [3.05, 3.63) is 10.4 Å². The topological polar surface area (TPSA) is 70.5 Å². The van der Waals surface area contributed by atoms with E-state index in [-0.39, 0.29) is 12.2 Å². The highest BCUT2D eigenvalue weighted by Crippen LogP contribution is 2.16. The molecule has 0 aliphatic carbocycles. The lowest BCUT2D eigenvalue weighted by molar-refractivity contribution is -0.0388. The van der Waals surface area contributed by atoms with Crippen molar-refractivity contribution in [1.29, 1.82) is 0 Å². The van der Waals surface area contributed by atoms with Gasteiger partial charge in [-0.3, -0.25) is 4.90 Å². The summed E-state index contributed by atoms with van der Waals surface area (Å²) in [4.78, 5) is 4.96. The Labute approximate surface area is 96.1 Å². The summed E-state index contributed by atoms with van der Waals surface area (Å²) < 4.78 is 11.3. The molecule has 2 atom stereocenters. The molecule has 1 saturated heterocycles. The van der Waals surface area contributed by atoms with E-state index in [4.69, 9.17) is 15.0 Å². The predicted molar refractivity (Wildman–Crippen MR) is 61.3 cm³/mol. The molecular weight excluding hydrogens is 208 g/mol. The molecule has 16 heavy (non-hydrogen) atoms. The minimum Gasteiger partial charge on any atom is -0.374 e. The molecular formula is C10H20N4O2. The van der Waals surface area contributed by atoms with Crippen LogP contribution in [0.4, 0.5) is 0 Å². The highest BCUT2D eigenvalue weighted by atomic mass is 16.5. The van der Waals surface area contributed by atoms with Gasteiger partial charge in [-0.05, 0) is 19.4 Å². The summed E-state index contributed by atoms with van der Waals surface area (Å²) >= 11 is 0. The molecule has 1 fully saturated rings. The minimum absolute atomic E-state index is 0.149. The lowest BCUT2D eigenvalue weighted by Crippen LogP contribution is -2.29. The van der Waals surface area contributed by atoms with Gasteiger partial charge in [0.25, 0.3) is 0 Å². The van der Waals surface area contributed by atoms with Crippen LogP contribution < -0.4 is 0 Å². The first-order valence-electron chi connectivity index (χ1n) is 5.78. The summed E-state index contributed by atoms with van der Waals surface area (Å²) in [6.07, 6.45) is 0.298. The van der Waals surface area contributed by atoms with E-state index in [1.807, 2.05) is 13.8 Å². The smallest absolute Gasteiger partial charge is 0.0975 e. The highest BCUT2D eigenvalue weighted by molar-refractivity contribution is 4.86. The van der Waals surface area contributed by atoms with Crippen LogP contribution in [0.3, 0.4) is 0 Å². The Hall–Kier alpha value is -0.810. The molecule has 0 amide bonds. The molecule has 1 aliphatic rings. The second kappa shape index (κ2) is 7.46. The standard InChI is InChI=1S/C10H20N4O2/c1-3-15-9-7-14(6-5-12-13-11)8-10(9)16-4-2/h9-10H,3-8H2,1-2H3/t9-,10-/m0/s1. The van der Waals surface area contributed by atoms with Crippen LogP contribution in [0.5, 0.6) is 0 Å². The second-order valence-corrected chi connectivity index (χ2v) is 3.70. The molecule has 1 heterocycles. The van der Waals surface area contributed by atoms with E-state index in [1.165, 1.54) is 0 Å². The van der Waals surface area contributed by atoms with E-state index in [0.717, 1.165) is 19.6 Å². The molecule has 6 nitrogen and oxygen atoms in total. The van der Waals surface area contributed by atoms with Gasteiger partial charge in [0.1, 0.15) is 0 Å². The normalized spacial score (nSPS) is 25.6. The number of likely N-dealkylation sites (tertiary alicyclic amines) is 1. The summed E-state index contributed by atoms with van der Waals surface area (Å²) in [5, 5.41) is 3.53. The summed E-state index contributed by atoms with van der Waals surface area (Å²) in [6, 6.07) is 0. The van der Waals surface area contributed by atoms with Crippen LogP contribution in [0.2, 0.25) is 0 Å². The Morgan fingerprint density at radius 2 is 1.81 bits per heavy atom. The minimum atomic E-state index is 0.149. The van der Waals surface area contributed by atoms with Crippen molar-refractivity contribution in [2.24, 2.45) is 5.11 Å². The summed E-state index contributed by atoms with van der Waals surface area (Å²) in [5.41, 5.74) is 8.20. The first-order valence-corrected chi connectivity index (χ1v) is 5.78. The third-order valence-electron chi connectivity index (χ3n) is 2.63. The maximum absolute atomic E-state index is 8.20. The average Bonchev–Trinajstić information content (AvgIpc) is 2.63. The van der Waals surface area contributed by atoms with Crippen molar-refractivity contribution in [3.8, 4) is 0 Å². The van der Waals surface area contributed by atoms with Gasteiger partial charge in [0.05, 0.1) is 12.2 Å². The third kappa shape index (κ3) is 3.98. The molecule has 0 N–H and O–H groups in total. The average molecular weight is 228 g/mol. The zero-order valence-corrected chi connectivity index (χ0v) is 10.0. The van der Waals surface area contributed by atoms with Crippen molar-refractivity contribution in [2.75, 3.05) is 39.4 Å². The lowest BCUT2D eigenvalue weighted by atomic mass is 10.2. The molecule has 6 heteroatoms. The number of hydrogen-bond acceptors (Lipinski definition) is 4. The zero-order valence-electron chi connectivity index (χ0n) is 10.0. The van der Waals surface area contributed by atoms with Crippen molar-refractivity contribution >= 4 is 0 Å².